The molecule has 0 spiro atoms. The van der Waals surface area contributed by atoms with Crippen LogP contribution in [0.1, 0.15) is 27.2 Å². The molecule has 0 aliphatic carbocycles. The molecule has 0 bridgehead atoms. The van der Waals surface area contributed by atoms with Gasteiger partial charge < -0.3 is 5.32 Å². The van der Waals surface area contributed by atoms with E-state index in [1.54, 1.807) is 10.9 Å². The molecule has 1 N–H and O–H groups in total. The van der Waals surface area contributed by atoms with E-state index in [9.17, 15) is 4.79 Å². The van der Waals surface area contributed by atoms with Gasteiger partial charge in [0.25, 0.3) is 5.91 Å². The molecular weight excluding hydrogens is 368 g/mol. The Balaban J connectivity index is 1.70. The summed E-state index contributed by atoms with van der Waals surface area (Å²) in [4.78, 5) is 12.2. The highest BCUT2D eigenvalue weighted by atomic mass is 79.9. The summed E-state index contributed by atoms with van der Waals surface area (Å²) in [6.07, 6.45) is 1.64. The van der Waals surface area contributed by atoms with Gasteiger partial charge in [-0.2, -0.15) is 0 Å². The Morgan fingerprint density at radius 2 is 1.79 bits per heavy atom. The first-order valence-electron chi connectivity index (χ1n) is 7.55. The van der Waals surface area contributed by atoms with Crippen molar-refractivity contribution in [2.75, 3.05) is 0 Å². The molecule has 1 aromatic heterocycles. The van der Waals surface area contributed by atoms with Gasteiger partial charge in [0, 0.05) is 11.0 Å². The third kappa shape index (κ3) is 3.89. The Morgan fingerprint density at radius 3 is 2.46 bits per heavy atom. The molecule has 0 fully saturated rings. The van der Waals surface area contributed by atoms with Crippen LogP contribution in [-0.4, -0.2) is 20.9 Å². The van der Waals surface area contributed by atoms with E-state index in [2.05, 4.69) is 37.6 Å². The molecule has 0 saturated carbocycles. The van der Waals surface area contributed by atoms with E-state index in [1.165, 1.54) is 0 Å². The lowest BCUT2D eigenvalue weighted by Gasteiger charge is -2.04. The van der Waals surface area contributed by atoms with Crippen LogP contribution in [0.2, 0.25) is 0 Å². The monoisotopic (exact) mass is 384 g/mol. The minimum Gasteiger partial charge on any atom is -0.347 e. The van der Waals surface area contributed by atoms with Gasteiger partial charge in [-0.25, -0.2) is 4.68 Å². The molecule has 6 heteroatoms. The lowest BCUT2D eigenvalue weighted by Crippen LogP contribution is -2.23. The molecule has 3 aromatic rings. The number of amides is 1. The predicted octanol–water partition coefficient (Wildman–Crippen LogP) is 3.58. The fraction of sp³-hybridized carbons (Fsp3) is 0.167. The van der Waals surface area contributed by atoms with Crippen LogP contribution in [0.3, 0.4) is 0 Å². The lowest BCUT2D eigenvalue weighted by molar-refractivity contribution is 0.0946. The zero-order chi connectivity index (χ0) is 17.1. The molecule has 0 radical (unpaired) electrons. The molecule has 0 aliphatic rings. The van der Waals surface area contributed by atoms with Crippen LogP contribution >= 0.6 is 15.9 Å². The number of nitrogens with one attached hydrogen (secondary N) is 1. The number of nitrogens with zero attached hydrogens (tertiary/aromatic N) is 3. The molecule has 122 valence electrons. The van der Waals surface area contributed by atoms with E-state index in [4.69, 9.17) is 0 Å². The zero-order valence-corrected chi connectivity index (χ0v) is 15.0. The van der Waals surface area contributed by atoms with E-state index in [1.807, 2.05) is 50.2 Å². The topological polar surface area (TPSA) is 59.8 Å². The Morgan fingerprint density at radius 1 is 1.12 bits per heavy atom. The molecule has 0 saturated heterocycles. The first kappa shape index (κ1) is 16.4. The second kappa shape index (κ2) is 6.97. The molecule has 3 rings (SSSR count). The van der Waals surface area contributed by atoms with Gasteiger partial charge in [0.1, 0.15) is 0 Å². The maximum atomic E-state index is 12.2. The van der Waals surface area contributed by atoms with Crippen molar-refractivity contribution in [2.24, 2.45) is 0 Å². The van der Waals surface area contributed by atoms with E-state index in [-0.39, 0.29) is 5.91 Å². The third-order valence-corrected chi connectivity index (χ3v) is 4.09. The van der Waals surface area contributed by atoms with Crippen molar-refractivity contribution in [1.82, 2.24) is 20.3 Å². The van der Waals surface area contributed by atoms with Crippen molar-refractivity contribution in [3.05, 3.63) is 75.5 Å². The van der Waals surface area contributed by atoms with Gasteiger partial charge in [0.2, 0.25) is 0 Å². The average molecular weight is 385 g/mol. The lowest BCUT2D eigenvalue weighted by atomic mass is 10.1. The van der Waals surface area contributed by atoms with Crippen molar-refractivity contribution in [1.29, 1.82) is 0 Å². The second-order valence-electron chi connectivity index (χ2n) is 5.70. The summed E-state index contributed by atoms with van der Waals surface area (Å²) in [6, 6.07) is 13.9. The summed E-state index contributed by atoms with van der Waals surface area (Å²) < 4.78 is 2.63. The fourth-order valence-corrected chi connectivity index (χ4v) is 2.72. The Hall–Kier alpha value is -2.47. The summed E-state index contributed by atoms with van der Waals surface area (Å²) in [7, 11) is 0. The summed E-state index contributed by atoms with van der Waals surface area (Å²) in [5, 5.41) is 10.9. The fourth-order valence-electron chi connectivity index (χ4n) is 2.45. The van der Waals surface area contributed by atoms with Gasteiger partial charge in [-0.15, -0.1) is 5.10 Å². The maximum absolute atomic E-state index is 12.2. The second-order valence-corrected chi connectivity index (χ2v) is 6.62. The Labute approximate surface area is 148 Å². The molecule has 0 aliphatic heterocycles. The summed E-state index contributed by atoms with van der Waals surface area (Å²) in [6.45, 7) is 4.50. The minimum atomic E-state index is -0.242. The summed E-state index contributed by atoms with van der Waals surface area (Å²) in [5.74, 6) is -0.242. The van der Waals surface area contributed by atoms with Gasteiger partial charge in [0.05, 0.1) is 11.9 Å². The largest absolute Gasteiger partial charge is 0.347 e. The quantitative estimate of drug-likeness (QED) is 0.747. The van der Waals surface area contributed by atoms with Crippen LogP contribution in [0.5, 0.6) is 0 Å². The number of carbonyl (C=O) groups is 1. The average Bonchev–Trinajstić information content (AvgIpc) is 3.03. The van der Waals surface area contributed by atoms with E-state index < -0.39 is 0 Å². The smallest absolute Gasteiger partial charge is 0.273 e. The molecule has 24 heavy (non-hydrogen) atoms. The number of hydrogen-bond donors (Lipinski definition) is 1. The summed E-state index contributed by atoms with van der Waals surface area (Å²) >= 11 is 3.39. The van der Waals surface area contributed by atoms with Crippen molar-refractivity contribution in [3.63, 3.8) is 0 Å². The van der Waals surface area contributed by atoms with Crippen molar-refractivity contribution >= 4 is 21.8 Å². The van der Waals surface area contributed by atoms with Gasteiger partial charge in [0.15, 0.2) is 5.69 Å². The molecule has 5 nitrogen and oxygen atoms in total. The number of hydrogen-bond acceptors (Lipinski definition) is 3. The standard InChI is InChI=1S/C18H17BrN4O/c1-12-7-13(2)9-16(8-12)23-11-17(21-22-23)18(24)20-10-14-3-5-15(19)6-4-14/h3-9,11H,10H2,1-2H3,(H,20,24). The Kier molecular flexibility index (Phi) is 4.76. The molecule has 1 amide bonds. The highest BCUT2D eigenvalue weighted by Gasteiger charge is 2.11. The number of halogens is 1. The van der Waals surface area contributed by atoms with Crippen LogP contribution in [0.15, 0.2) is 53.1 Å². The van der Waals surface area contributed by atoms with Crippen molar-refractivity contribution in [3.8, 4) is 5.69 Å². The Bertz CT molecular complexity index is 851. The third-order valence-electron chi connectivity index (χ3n) is 3.56. The number of carbonyl (C=O) groups excluding carboxylic acids is 1. The van der Waals surface area contributed by atoms with E-state index in [0.29, 0.717) is 12.2 Å². The highest BCUT2D eigenvalue weighted by Crippen LogP contribution is 2.13. The molecule has 0 unspecified atom stereocenters. The van der Waals surface area contributed by atoms with Crippen LogP contribution in [0, 0.1) is 13.8 Å². The van der Waals surface area contributed by atoms with Crippen molar-refractivity contribution in [2.45, 2.75) is 20.4 Å². The number of aryl methyl sites for hydroxylation is 2. The molecule has 1 heterocycles. The van der Waals surface area contributed by atoms with Crippen LogP contribution in [0.25, 0.3) is 5.69 Å². The van der Waals surface area contributed by atoms with Gasteiger partial charge >= 0.3 is 0 Å². The SMILES string of the molecule is Cc1cc(C)cc(-n2cc(C(=O)NCc3ccc(Br)cc3)nn2)c1. The van der Waals surface area contributed by atoms with Gasteiger partial charge in [-0.05, 0) is 54.8 Å². The highest BCUT2D eigenvalue weighted by molar-refractivity contribution is 9.10. The van der Waals surface area contributed by atoms with E-state index >= 15 is 0 Å². The summed E-state index contributed by atoms with van der Waals surface area (Å²) in [5.41, 5.74) is 4.50. The number of benzene rings is 2. The maximum Gasteiger partial charge on any atom is 0.273 e. The van der Waals surface area contributed by atoms with Crippen molar-refractivity contribution < 1.29 is 4.79 Å². The molecular formula is C18H17BrN4O. The van der Waals surface area contributed by atoms with Gasteiger partial charge in [-0.3, -0.25) is 4.79 Å². The zero-order valence-electron chi connectivity index (χ0n) is 13.5. The predicted molar refractivity (Wildman–Crippen MR) is 96.1 cm³/mol. The molecule has 2 aromatic carbocycles. The van der Waals surface area contributed by atoms with E-state index in [0.717, 1.165) is 26.9 Å². The number of aromatic nitrogens is 3. The first-order valence-corrected chi connectivity index (χ1v) is 8.34. The number of rotatable bonds is 4. The van der Waals surface area contributed by atoms with Crippen LogP contribution < -0.4 is 5.32 Å². The molecule has 0 atom stereocenters. The normalized spacial score (nSPS) is 10.6. The van der Waals surface area contributed by atoms with Crippen LogP contribution in [0.4, 0.5) is 0 Å². The van der Waals surface area contributed by atoms with Crippen LogP contribution in [-0.2, 0) is 6.54 Å². The minimum absolute atomic E-state index is 0.242. The van der Waals surface area contributed by atoms with Gasteiger partial charge in [-0.1, -0.05) is 39.3 Å². The first-order chi connectivity index (χ1) is 11.5.